The molecule has 1 aliphatic rings. The Bertz CT molecular complexity index is 369. The SMILES string of the molecule is CC1CN(c2cn(C)nc2C(C)C)CCCN1. The molecule has 0 aromatic carbocycles. The van der Waals surface area contributed by atoms with Crippen LogP contribution < -0.4 is 10.2 Å². The average molecular weight is 236 g/mol. The summed E-state index contributed by atoms with van der Waals surface area (Å²) in [6.45, 7) is 10.0. The van der Waals surface area contributed by atoms with Crippen LogP contribution in [0.25, 0.3) is 0 Å². The van der Waals surface area contributed by atoms with Gasteiger partial charge in [-0.1, -0.05) is 13.8 Å². The summed E-state index contributed by atoms with van der Waals surface area (Å²) in [5.41, 5.74) is 2.54. The molecule has 0 saturated carbocycles. The lowest BCUT2D eigenvalue weighted by Crippen LogP contribution is -2.35. The highest BCUT2D eigenvalue weighted by atomic mass is 15.3. The Morgan fingerprint density at radius 3 is 2.94 bits per heavy atom. The quantitative estimate of drug-likeness (QED) is 0.849. The van der Waals surface area contributed by atoms with Gasteiger partial charge in [0.15, 0.2) is 0 Å². The monoisotopic (exact) mass is 236 g/mol. The molecule has 1 atom stereocenters. The van der Waals surface area contributed by atoms with E-state index in [-0.39, 0.29) is 0 Å². The predicted octanol–water partition coefficient (Wildman–Crippen LogP) is 1.73. The molecule has 1 N–H and O–H groups in total. The maximum absolute atomic E-state index is 4.60. The summed E-state index contributed by atoms with van der Waals surface area (Å²) in [5.74, 6) is 0.484. The Morgan fingerprint density at radius 1 is 1.47 bits per heavy atom. The molecule has 1 aliphatic heterocycles. The smallest absolute Gasteiger partial charge is 0.0883 e. The summed E-state index contributed by atoms with van der Waals surface area (Å²) in [5, 5.41) is 8.13. The second-order valence-electron chi connectivity index (χ2n) is 5.38. The van der Waals surface area contributed by atoms with E-state index in [1.165, 1.54) is 17.8 Å². The van der Waals surface area contributed by atoms with Crippen molar-refractivity contribution in [1.29, 1.82) is 0 Å². The van der Waals surface area contributed by atoms with Crippen LogP contribution in [0.15, 0.2) is 6.20 Å². The molecule has 1 aromatic rings. The van der Waals surface area contributed by atoms with Gasteiger partial charge in [0, 0.05) is 32.4 Å². The number of anilines is 1. The van der Waals surface area contributed by atoms with E-state index in [0.717, 1.165) is 19.6 Å². The van der Waals surface area contributed by atoms with Gasteiger partial charge < -0.3 is 10.2 Å². The minimum atomic E-state index is 0.484. The van der Waals surface area contributed by atoms with Crippen molar-refractivity contribution in [2.24, 2.45) is 7.05 Å². The Hall–Kier alpha value is -1.03. The highest BCUT2D eigenvalue weighted by molar-refractivity contribution is 5.51. The number of hydrogen-bond acceptors (Lipinski definition) is 3. The molecular weight excluding hydrogens is 212 g/mol. The molecule has 1 aromatic heterocycles. The maximum atomic E-state index is 4.60. The fourth-order valence-electron chi connectivity index (χ4n) is 2.47. The second-order valence-corrected chi connectivity index (χ2v) is 5.38. The third-order valence-corrected chi connectivity index (χ3v) is 3.32. The van der Waals surface area contributed by atoms with E-state index < -0.39 is 0 Å². The molecule has 0 aliphatic carbocycles. The van der Waals surface area contributed by atoms with Crippen LogP contribution in [0.4, 0.5) is 5.69 Å². The molecule has 0 bridgehead atoms. The molecule has 2 rings (SSSR count). The zero-order valence-electron chi connectivity index (χ0n) is 11.4. The lowest BCUT2D eigenvalue weighted by atomic mass is 10.1. The summed E-state index contributed by atoms with van der Waals surface area (Å²) in [7, 11) is 2.01. The van der Waals surface area contributed by atoms with Crippen molar-refractivity contribution in [2.45, 2.75) is 39.2 Å². The normalized spacial score (nSPS) is 21.9. The minimum Gasteiger partial charge on any atom is -0.367 e. The first kappa shape index (κ1) is 12.4. The third kappa shape index (κ3) is 2.80. The van der Waals surface area contributed by atoms with Gasteiger partial charge in [0.05, 0.1) is 11.4 Å². The Balaban J connectivity index is 2.25. The highest BCUT2D eigenvalue weighted by Crippen LogP contribution is 2.26. The van der Waals surface area contributed by atoms with Crippen molar-refractivity contribution in [3.8, 4) is 0 Å². The van der Waals surface area contributed by atoms with Crippen LogP contribution in [-0.4, -0.2) is 35.5 Å². The van der Waals surface area contributed by atoms with Crippen molar-refractivity contribution in [3.05, 3.63) is 11.9 Å². The second kappa shape index (κ2) is 5.08. The highest BCUT2D eigenvalue weighted by Gasteiger charge is 2.20. The van der Waals surface area contributed by atoms with Gasteiger partial charge >= 0.3 is 0 Å². The Kier molecular flexibility index (Phi) is 3.72. The van der Waals surface area contributed by atoms with Gasteiger partial charge in [-0.15, -0.1) is 0 Å². The minimum absolute atomic E-state index is 0.484. The largest absolute Gasteiger partial charge is 0.367 e. The fraction of sp³-hybridized carbons (Fsp3) is 0.769. The van der Waals surface area contributed by atoms with Gasteiger partial charge in [-0.05, 0) is 25.8 Å². The van der Waals surface area contributed by atoms with Gasteiger partial charge in [0.2, 0.25) is 0 Å². The van der Waals surface area contributed by atoms with Gasteiger partial charge in [-0.3, -0.25) is 4.68 Å². The molecular formula is C13H24N4. The molecule has 96 valence electrons. The first-order chi connectivity index (χ1) is 8.08. The summed E-state index contributed by atoms with van der Waals surface area (Å²) in [6, 6.07) is 0.553. The van der Waals surface area contributed by atoms with E-state index in [1.807, 2.05) is 11.7 Å². The molecule has 1 unspecified atom stereocenters. The number of aryl methyl sites for hydroxylation is 1. The summed E-state index contributed by atoms with van der Waals surface area (Å²) >= 11 is 0. The third-order valence-electron chi connectivity index (χ3n) is 3.32. The van der Waals surface area contributed by atoms with Crippen LogP contribution in [0, 0.1) is 0 Å². The summed E-state index contributed by atoms with van der Waals surface area (Å²) < 4.78 is 1.94. The molecule has 1 saturated heterocycles. The number of rotatable bonds is 2. The Labute approximate surface area is 104 Å². The molecule has 4 nitrogen and oxygen atoms in total. The number of aromatic nitrogens is 2. The van der Waals surface area contributed by atoms with Crippen LogP contribution in [0.3, 0.4) is 0 Å². The summed E-state index contributed by atoms with van der Waals surface area (Å²) in [4.78, 5) is 2.48. The first-order valence-corrected chi connectivity index (χ1v) is 6.59. The standard InChI is InChI=1S/C13H24N4/c1-10(2)13-12(9-16(4)15-13)17-7-5-6-14-11(3)8-17/h9-11,14H,5-8H2,1-4H3. The zero-order chi connectivity index (χ0) is 12.4. The first-order valence-electron chi connectivity index (χ1n) is 6.59. The lowest BCUT2D eigenvalue weighted by Gasteiger charge is -2.25. The van der Waals surface area contributed by atoms with Gasteiger partial charge in [0.1, 0.15) is 0 Å². The molecule has 17 heavy (non-hydrogen) atoms. The molecule has 4 heteroatoms. The molecule has 0 amide bonds. The topological polar surface area (TPSA) is 33.1 Å². The van der Waals surface area contributed by atoms with Crippen molar-refractivity contribution in [1.82, 2.24) is 15.1 Å². The van der Waals surface area contributed by atoms with Crippen molar-refractivity contribution < 1.29 is 0 Å². The van der Waals surface area contributed by atoms with E-state index in [0.29, 0.717) is 12.0 Å². The number of nitrogens with one attached hydrogen (secondary N) is 1. The van der Waals surface area contributed by atoms with E-state index in [4.69, 9.17) is 0 Å². The van der Waals surface area contributed by atoms with Gasteiger partial charge in [-0.25, -0.2) is 0 Å². The number of hydrogen-bond donors (Lipinski definition) is 1. The van der Waals surface area contributed by atoms with Gasteiger partial charge in [-0.2, -0.15) is 5.10 Å². The predicted molar refractivity (Wildman–Crippen MR) is 71.6 cm³/mol. The van der Waals surface area contributed by atoms with Crippen molar-refractivity contribution >= 4 is 5.69 Å². The molecule has 1 fully saturated rings. The average Bonchev–Trinajstić information content (AvgIpc) is 2.52. The van der Waals surface area contributed by atoms with Crippen LogP contribution in [-0.2, 0) is 7.05 Å². The van der Waals surface area contributed by atoms with Gasteiger partial charge in [0.25, 0.3) is 0 Å². The number of nitrogens with zero attached hydrogens (tertiary/aromatic N) is 3. The molecule has 2 heterocycles. The van der Waals surface area contributed by atoms with E-state index in [9.17, 15) is 0 Å². The Morgan fingerprint density at radius 2 is 2.24 bits per heavy atom. The molecule has 0 radical (unpaired) electrons. The maximum Gasteiger partial charge on any atom is 0.0883 e. The van der Waals surface area contributed by atoms with Crippen LogP contribution in [0.2, 0.25) is 0 Å². The van der Waals surface area contributed by atoms with Crippen LogP contribution in [0.5, 0.6) is 0 Å². The van der Waals surface area contributed by atoms with Crippen molar-refractivity contribution in [3.63, 3.8) is 0 Å². The van der Waals surface area contributed by atoms with E-state index >= 15 is 0 Å². The lowest BCUT2D eigenvalue weighted by molar-refractivity contribution is 0.584. The van der Waals surface area contributed by atoms with E-state index in [2.05, 4.69) is 42.3 Å². The van der Waals surface area contributed by atoms with E-state index in [1.54, 1.807) is 0 Å². The fourth-order valence-corrected chi connectivity index (χ4v) is 2.47. The summed E-state index contributed by atoms with van der Waals surface area (Å²) in [6.07, 6.45) is 3.37. The molecule has 0 spiro atoms. The van der Waals surface area contributed by atoms with Crippen LogP contribution in [0.1, 0.15) is 38.8 Å². The zero-order valence-corrected chi connectivity index (χ0v) is 11.4. The van der Waals surface area contributed by atoms with Crippen LogP contribution >= 0.6 is 0 Å². The van der Waals surface area contributed by atoms with Crippen molar-refractivity contribution in [2.75, 3.05) is 24.5 Å².